The molecule has 6 heteroatoms. The minimum absolute atomic E-state index is 0.317. The SMILES string of the molecule is Cc1c(C#CCCN=[N+]=[N-])cnc(N)c1N. The molecular formula is C10H12N6. The molecule has 0 unspecified atom stereocenters. The highest BCUT2D eigenvalue weighted by Gasteiger charge is 2.03. The zero-order valence-electron chi connectivity index (χ0n) is 8.94. The standard InChI is InChI=1S/C10H12N6/c1-7-8(4-2-3-5-15-16-13)6-14-10(12)9(7)11/h6H,3,5,11H2,1H3,(H2,12,14). The van der Waals surface area contributed by atoms with Crippen molar-refractivity contribution in [2.24, 2.45) is 5.11 Å². The fraction of sp³-hybridized carbons (Fsp3) is 0.300. The summed E-state index contributed by atoms with van der Waals surface area (Å²) >= 11 is 0. The summed E-state index contributed by atoms with van der Waals surface area (Å²) in [6.07, 6.45) is 2.09. The van der Waals surface area contributed by atoms with E-state index in [0.717, 1.165) is 11.1 Å². The number of pyridine rings is 1. The van der Waals surface area contributed by atoms with Crippen LogP contribution >= 0.6 is 0 Å². The van der Waals surface area contributed by atoms with E-state index in [0.29, 0.717) is 24.5 Å². The van der Waals surface area contributed by atoms with Gasteiger partial charge in [-0.1, -0.05) is 17.0 Å². The van der Waals surface area contributed by atoms with E-state index in [-0.39, 0.29) is 0 Å². The third-order valence-electron chi connectivity index (χ3n) is 2.04. The third kappa shape index (κ3) is 2.80. The summed E-state index contributed by atoms with van der Waals surface area (Å²) in [5.41, 5.74) is 21.3. The monoisotopic (exact) mass is 216 g/mol. The van der Waals surface area contributed by atoms with E-state index in [4.69, 9.17) is 17.0 Å². The topological polar surface area (TPSA) is 114 Å². The van der Waals surface area contributed by atoms with Gasteiger partial charge in [-0.25, -0.2) is 4.98 Å². The number of nitrogens with zero attached hydrogens (tertiary/aromatic N) is 4. The van der Waals surface area contributed by atoms with E-state index < -0.39 is 0 Å². The third-order valence-corrected chi connectivity index (χ3v) is 2.04. The number of rotatable bonds is 2. The van der Waals surface area contributed by atoms with Gasteiger partial charge in [-0.2, -0.15) is 0 Å². The molecule has 82 valence electrons. The Kier molecular flexibility index (Phi) is 4.01. The summed E-state index contributed by atoms with van der Waals surface area (Å²) < 4.78 is 0. The highest BCUT2D eigenvalue weighted by molar-refractivity contribution is 5.66. The maximum atomic E-state index is 8.06. The Morgan fingerprint density at radius 1 is 1.56 bits per heavy atom. The van der Waals surface area contributed by atoms with Crippen molar-refractivity contribution in [3.8, 4) is 11.8 Å². The number of hydrogen-bond acceptors (Lipinski definition) is 4. The second-order valence-electron chi connectivity index (χ2n) is 3.10. The van der Waals surface area contributed by atoms with Crippen LogP contribution in [0.2, 0.25) is 0 Å². The molecule has 0 bridgehead atoms. The van der Waals surface area contributed by atoms with Gasteiger partial charge in [0.05, 0.1) is 5.69 Å². The van der Waals surface area contributed by atoms with Crippen molar-refractivity contribution in [2.45, 2.75) is 13.3 Å². The predicted molar refractivity (Wildman–Crippen MR) is 63.3 cm³/mol. The molecule has 0 radical (unpaired) electrons. The van der Waals surface area contributed by atoms with E-state index >= 15 is 0 Å². The number of azide groups is 1. The fourth-order valence-electron chi connectivity index (χ4n) is 1.07. The quantitative estimate of drug-likeness (QED) is 0.257. The molecular weight excluding hydrogens is 204 g/mol. The van der Waals surface area contributed by atoms with Gasteiger partial charge in [0, 0.05) is 29.6 Å². The maximum Gasteiger partial charge on any atom is 0.146 e. The number of nitrogens with two attached hydrogens (primary N) is 2. The second kappa shape index (κ2) is 5.49. The highest BCUT2D eigenvalue weighted by atomic mass is 15.1. The first-order valence-electron chi connectivity index (χ1n) is 4.67. The van der Waals surface area contributed by atoms with Crippen molar-refractivity contribution in [1.29, 1.82) is 0 Å². The van der Waals surface area contributed by atoms with Crippen molar-refractivity contribution >= 4 is 11.5 Å². The predicted octanol–water partition coefficient (Wildman–Crippen LogP) is 1.61. The molecule has 1 aromatic rings. The Hall–Kier alpha value is -2.38. The molecule has 0 saturated carbocycles. The van der Waals surface area contributed by atoms with Crippen LogP contribution in [0, 0.1) is 18.8 Å². The zero-order valence-corrected chi connectivity index (χ0v) is 8.94. The van der Waals surface area contributed by atoms with Crippen molar-refractivity contribution in [3.05, 3.63) is 27.8 Å². The maximum absolute atomic E-state index is 8.06. The Labute approximate surface area is 93.3 Å². The molecule has 1 heterocycles. The van der Waals surface area contributed by atoms with Gasteiger partial charge < -0.3 is 11.5 Å². The summed E-state index contributed by atoms with van der Waals surface area (Å²) in [7, 11) is 0. The normalized spacial score (nSPS) is 8.81. The number of nitrogen functional groups attached to an aromatic ring is 2. The van der Waals surface area contributed by atoms with Crippen molar-refractivity contribution in [2.75, 3.05) is 18.0 Å². The molecule has 1 rings (SSSR count). The van der Waals surface area contributed by atoms with Crippen LogP contribution in [0.25, 0.3) is 10.4 Å². The van der Waals surface area contributed by atoms with Crippen LogP contribution in [0.3, 0.4) is 0 Å². The minimum atomic E-state index is 0.317. The molecule has 6 nitrogen and oxygen atoms in total. The smallest absolute Gasteiger partial charge is 0.146 e. The van der Waals surface area contributed by atoms with Crippen molar-refractivity contribution in [3.63, 3.8) is 0 Å². The number of anilines is 2. The first-order valence-corrected chi connectivity index (χ1v) is 4.67. The molecule has 16 heavy (non-hydrogen) atoms. The van der Waals surface area contributed by atoms with Gasteiger partial charge in [0.25, 0.3) is 0 Å². The molecule has 0 aliphatic heterocycles. The van der Waals surface area contributed by atoms with Crippen molar-refractivity contribution in [1.82, 2.24) is 4.98 Å². The van der Waals surface area contributed by atoms with Gasteiger partial charge in [0.1, 0.15) is 5.82 Å². The van der Waals surface area contributed by atoms with Crippen LogP contribution < -0.4 is 11.5 Å². The fourth-order valence-corrected chi connectivity index (χ4v) is 1.07. The lowest BCUT2D eigenvalue weighted by molar-refractivity contribution is 1.01. The van der Waals surface area contributed by atoms with Gasteiger partial charge in [0.2, 0.25) is 0 Å². The summed E-state index contributed by atoms with van der Waals surface area (Å²) in [6, 6.07) is 0. The van der Waals surface area contributed by atoms with Crippen LogP contribution in [-0.2, 0) is 0 Å². The van der Waals surface area contributed by atoms with Crippen LogP contribution in [0.15, 0.2) is 11.3 Å². The number of hydrogen-bond donors (Lipinski definition) is 2. The number of aromatic nitrogens is 1. The Bertz CT molecular complexity index is 490. The van der Waals surface area contributed by atoms with E-state index in [2.05, 4.69) is 26.9 Å². The zero-order chi connectivity index (χ0) is 12.0. The van der Waals surface area contributed by atoms with Gasteiger partial charge in [-0.05, 0) is 18.0 Å². The van der Waals surface area contributed by atoms with Gasteiger partial charge >= 0.3 is 0 Å². The van der Waals surface area contributed by atoms with Crippen LogP contribution in [0.5, 0.6) is 0 Å². The van der Waals surface area contributed by atoms with Gasteiger partial charge in [-0.3, -0.25) is 0 Å². The lowest BCUT2D eigenvalue weighted by atomic mass is 10.1. The van der Waals surface area contributed by atoms with E-state index in [1.807, 2.05) is 6.92 Å². The van der Waals surface area contributed by atoms with Gasteiger partial charge in [-0.15, -0.1) is 0 Å². The van der Waals surface area contributed by atoms with Crippen LogP contribution in [0.1, 0.15) is 17.5 Å². The Morgan fingerprint density at radius 2 is 2.31 bits per heavy atom. The summed E-state index contributed by atoms with van der Waals surface area (Å²) in [5, 5.41) is 3.37. The molecule has 0 aliphatic rings. The average molecular weight is 216 g/mol. The summed E-state index contributed by atoms with van der Waals surface area (Å²) in [5.74, 6) is 6.10. The average Bonchev–Trinajstić information content (AvgIpc) is 2.28. The second-order valence-corrected chi connectivity index (χ2v) is 3.10. The molecule has 4 N–H and O–H groups in total. The van der Waals surface area contributed by atoms with Crippen LogP contribution in [-0.4, -0.2) is 11.5 Å². The Balaban J connectivity index is 2.81. The summed E-state index contributed by atoms with van der Waals surface area (Å²) in [4.78, 5) is 6.55. The molecule has 0 aliphatic carbocycles. The summed E-state index contributed by atoms with van der Waals surface area (Å²) in [6.45, 7) is 2.20. The van der Waals surface area contributed by atoms with Crippen molar-refractivity contribution < 1.29 is 0 Å². The van der Waals surface area contributed by atoms with E-state index in [1.165, 1.54) is 0 Å². The minimum Gasteiger partial charge on any atom is -0.395 e. The lowest BCUT2D eigenvalue weighted by Crippen LogP contribution is -2.01. The molecule has 0 fully saturated rings. The Morgan fingerprint density at radius 3 is 3.00 bits per heavy atom. The first kappa shape index (κ1) is 11.7. The molecule has 0 aromatic carbocycles. The van der Waals surface area contributed by atoms with Gasteiger partial charge in [0.15, 0.2) is 0 Å². The molecule has 0 saturated heterocycles. The molecule has 0 spiro atoms. The lowest BCUT2D eigenvalue weighted by Gasteiger charge is -2.04. The largest absolute Gasteiger partial charge is 0.395 e. The molecule has 1 aromatic heterocycles. The first-order chi connectivity index (χ1) is 7.66. The van der Waals surface area contributed by atoms with E-state index in [9.17, 15) is 0 Å². The van der Waals surface area contributed by atoms with Crippen LogP contribution in [0.4, 0.5) is 11.5 Å². The molecule has 0 amide bonds. The molecule has 0 atom stereocenters. The van der Waals surface area contributed by atoms with E-state index in [1.54, 1.807) is 6.20 Å². The highest BCUT2D eigenvalue weighted by Crippen LogP contribution is 2.19.